The van der Waals surface area contributed by atoms with Gasteiger partial charge in [0.15, 0.2) is 5.82 Å². The molecule has 0 aromatic heterocycles. The summed E-state index contributed by atoms with van der Waals surface area (Å²) < 4.78 is 13.3. The molecule has 2 aromatic carbocycles. The number of benzene rings is 2. The molecule has 0 saturated carbocycles. The summed E-state index contributed by atoms with van der Waals surface area (Å²) in [4.78, 5) is 11.0. The average Bonchev–Trinajstić information content (AvgIpc) is 2.38. The zero-order chi connectivity index (χ0) is 14.9. The lowest BCUT2D eigenvalue weighted by Gasteiger charge is -2.11. The molecule has 7 heteroatoms. The summed E-state index contributed by atoms with van der Waals surface area (Å²) in [5.41, 5.74) is 12.6. The van der Waals surface area contributed by atoms with E-state index in [2.05, 4.69) is 5.32 Å². The molecule has 0 saturated heterocycles. The first-order valence-electron chi connectivity index (χ1n) is 5.49. The van der Waals surface area contributed by atoms with Gasteiger partial charge in [-0.3, -0.25) is 4.79 Å². The number of rotatable bonds is 3. The Balaban J connectivity index is 2.33. The number of nitrogens with two attached hydrogens (primary N) is 2. The van der Waals surface area contributed by atoms with Gasteiger partial charge in [0, 0.05) is 11.3 Å². The molecule has 0 radical (unpaired) electrons. The molecule has 2 rings (SSSR count). The number of nitrogen functional groups attached to an aromatic ring is 1. The van der Waals surface area contributed by atoms with E-state index in [1.807, 2.05) is 0 Å². The highest BCUT2D eigenvalue weighted by atomic mass is 35.5. The Morgan fingerprint density at radius 3 is 2.25 bits per heavy atom. The largest absolute Gasteiger partial charge is 0.397 e. The number of carbonyl (C=O) groups excluding carboxylic acids is 1. The molecular weight excluding hydrogens is 304 g/mol. The van der Waals surface area contributed by atoms with Crippen molar-refractivity contribution in [1.82, 2.24) is 0 Å². The Kier molecular flexibility index (Phi) is 4.01. The molecule has 0 aliphatic carbocycles. The quantitative estimate of drug-likeness (QED) is 0.598. The smallest absolute Gasteiger partial charge is 0.248 e. The highest BCUT2D eigenvalue weighted by Crippen LogP contribution is 2.30. The molecule has 5 N–H and O–H groups in total. The molecule has 2 aromatic rings. The SMILES string of the molecule is NC(=O)c1ccc(Nc2cc(Cl)c(F)c(Cl)c2)c(N)c1. The molecule has 104 valence electrons. The third-order valence-electron chi connectivity index (χ3n) is 2.60. The van der Waals surface area contributed by atoms with Gasteiger partial charge in [0.05, 0.1) is 21.4 Å². The van der Waals surface area contributed by atoms with Crippen molar-refractivity contribution >= 4 is 46.2 Å². The van der Waals surface area contributed by atoms with E-state index in [0.717, 1.165) is 0 Å². The van der Waals surface area contributed by atoms with Crippen molar-refractivity contribution in [3.05, 3.63) is 51.8 Å². The Labute approximate surface area is 124 Å². The van der Waals surface area contributed by atoms with Crippen LogP contribution in [0.1, 0.15) is 10.4 Å². The Morgan fingerprint density at radius 2 is 1.75 bits per heavy atom. The van der Waals surface area contributed by atoms with Gasteiger partial charge in [-0.2, -0.15) is 0 Å². The summed E-state index contributed by atoms with van der Waals surface area (Å²) >= 11 is 11.4. The average molecular weight is 314 g/mol. The predicted octanol–water partition coefficient (Wildman–Crippen LogP) is 3.56. The summed E-state index contributed by atoms with van der Waals surface area (Å²) in [5.74, 6) is -1.26. The van der Waals surface area contributed by atoms with Crippen molar-refractivity contribution in [1.29, 1.82) is 0 Å². The van der Waals surface area contributed by atoms with Gasteiger partial charge in [0.25, 0.3) is 0 Å². The molecule has 0 heterocycles. The monoisotopic (exact) mass is 313 g/mol. The van der Waals surface area contributed by atoms with Gasteiger partial charge in [0.2, 0.25) is 5.91 Å². The minimum atomic E-state index is -0.684. The first-order valence-corrected chi connectivity index (χ1v) is 6.25. The van der Waals surface area contributed by atoms with Crippen LogP contribution in [0.4, 0.5) is 21.5 Å². The van der Waals surface area contributed by atoms with Crippen LogP contribution >= 0.6 is 23.2 Å². The van der Waals surface area contributed by atoms with Crippen LogP contribution in [-0.4, -0.2) is 5.91 Å². The van der Waals surface area contributed by atoms with Crippen molar-refractivity contribution < 1.29 is 9.18 Å². The second kappa shape index (κ2) is 5.56. The maximum Gasteiger partial charge on any atom is 0.248 e. The summed E-state index contributed by atoms with van der Waals surface area (Å²) in [7, 11) is 0. The summed E-state index contributed by atoms with van der Waals surface area (Å²) in [5, 5.41) is 2.73. The van der Waals surface area contributed by atoms with E-state index < -0.39 is 11.7 Å². The fourth-order valence-electron chi connectivity index (χ4n) is 1.61. The lowest BCUT2D eigenvalue weighted by Crippen LogP contribution is -2.11. The molecule has 0 aliphatic rings. The highest BCUT2D eigenvalue weighted by molar-refractivity contribution is 6.35. The van der Waals surface area contributed by atoms with Gasteiger partial charge in [-0.15, -0.1) is 0 Å². The first kappa shape index (κ1) is 14.4. The number of nitrogens with one attached hydrogen (secondary N) is 1. The third-order valence-corrected chi connectivity index (χ3v) is 3.15. The van der Waals surface area contributed by atoms with E-state index in [1.165, 1.54) is 24.3 Å². The second-order valence-electron chi connectivity index (χ2n) is 4.05. The second-order valence-corrected chi connectivity index (χ2v) is 4.86. The van der Waals surface area contributed by atoms with E-state index >= 15 is 0 Å². The van der Waals surface area contributed by atoms with Crippen LogP contribution < -0.4 is 16.8 Å². The van der Waals surface area contributed by atoms with E-state index in [9.17, 15) is 9.18 Å². The topological polar surface area (TPSA) is 81.1 Å². The van der Waals surface area contributed by atoms with Crippen molar-refractivity contribution in [3.8, 4) is 0 Å². The lowest BCUT2D eigenvalue weighted by molar-refractivity contribution is 0.100. The first-order chi connectivity index (χ1) is 9.38. The molecule has 0 atom stereocenters. The van der Waals surface area contributed by atoms with Crippen LogP contribution in [0.5, 0.6) is 0 Å². The van der Waals surface area contributed by atoms with Gasteiger partial charge < -0.3 is 16.8 Å². The Morgan fingerprint density at radius 1 is 1.15 bits per heavy atom. The molecule has 4 nitrogen and oxygen atoms in total. The maximum absolute atomic E-state index is 13.3. The van der Waals surface area contributed by atoms with Crippen molar-refractivity contribution in [3.63, 3.8) is 0 Å². The van der Waals surface area contributed by atoms with Crippen LogP contribution in [0.15, 0.2) is 30.3 Å². The molecule has 0 aliphatic heterocycles. The van der Waals surface area contributed by atoms with E-state index in [-0.39, 0.29) is 10.0 Å². The minimum Gasteiger partial charge on any atom is -0.397 e. The number of primary amides is 1. The highest BCUT2D eigenvalue weighted by Gasteiger charge is 2.09. The zero-order valence-electron chi connectivity index (χ0n) is 10.1. The Hall–Kier alpha value is -1.98. The predicted molar refractivity (Wildman–Crippen MR) is 79.1 cm³/mol. The van der Waals surface area contributed by atoms with Crippen LogP contribution in [-0.2, 0) is 0 Å². The van der Waals surface area contributed by atoms with E-state index in [4.69, 9.17) is 34.7 Å². The third kappa shape index (κ3) is 2.95. The van der Waals surface area contributed by atoms with Gasteiger partial charge in [0.1, 0.15) is 0 Å². The van der Waals surface area contributed by atoms with Crippen LogP contribution in [0.2, 0.25) is 10.0 Å². The molecule has 0 spiro atoms. The van der Waals surface area contributed by atoms with E-state index in [1.54, 1.807) is 6.07 Å². The zero-order valence-corrected chi connectivity index (χ0v) is 11.6. The van der Waals surface area contributed by atoms with E-state index in [0.29, 0.717) is 22.6 Å². The summed E-state index contributed by atoms with van der Waals surface area (Å²) in [6.45, 7) is 0. The lowest BCUT2D eigenvalue weighted by atomic mass is 10.1. The molecular formula is C13H10Cl2FN3O. The van der Waals surface area contributed by atoms with Crippen LogP contribution in [0.3, 0.4) is 0 Å². The number of amides is 1. The fraction of sp³-hybridized carbons (Fsp3) is 0. The summed E-state index contributed by atoms with van der Waals surface area (Å²) in [6, 6.07) is 7.31. The van der Waals surface area contributed by atoms with Gasteiger partial charge in [-0.25, -0.2) is 4.39 Å². The molecule has 1 amide bonds. The van der Waals surface area contributed by atoms with Crippen LogP contribution in [0, 0.1) is 5.82 Å². The molecule has 0 fully saturated rings. The molecule has 0 unspecified atom stereocenters. The van der Waals surface area contributed by atoms with Crippen molar-refractivity contribution in [2.24, 2.45) is 5.73 Å². The van der Waals surface area contributed by atoms with Gasteiger partial charge in [-0.1, -0.05) is 23.2 Å². The Bertz CT molecular complexity index is 668. The number of hydrogen-bond acceptors (Lipinski definition) is 3. The minimum absolute atomic E-state index is 0.104. The number of hydrogen-bond donors (Lipinski definition) is 3. The number of anilines is 3. The van der Waals surface area contributed by atoms with Gasteiger partial charge in [-0.05, 0) is 30.3 Å². The fourth-order valence-corrected chi connectivity index (χ4v) is 2.10. The normalized spacial score (nSPS) is 10.3. The molecule has 0 bridgehead atoms. The van der Waals surface area contributed by atoms with Crippen molar-refractivity contribution in [2.45, 2.75) is 0 Å². The van der Waals surface area contributed by atoms with Gasteiger partial charge >= 0.3 is 0 Å². The maximum atomic E-state index is 13.3. The summed E-state index contributed by atoms with van der Waals surface area (Å²) in [6.07, 6.45) is 0. The van der Waals surface area contributed by atoms with Crippen molar-refractivity contribution in [2.75, 3.05) is 11.1 Å². The number of halogens is 3. The molecule has 20 heavy (non-hydrogen) atoms. The van der Waals surface area contributed by atoms with Crippen LogP contribution in [0.25, 0.3) is 0 Å². The standard InChI is InChI=1S/C13H10Cl2FN3O/c14-8-4-7(5-9(15)12(8)16)19-11-2-1-6(13(18)20)3-10(11)17/h1-5,19H,17H2,(H2,18,20). The number of carbonyl (C=O) groups is 1.